The highest BCUT2D eigenvalue weighted by Crippen LogP contribution is 2.12. The van der Waals surface area contributed by atoms with Gasteiger partial charge in [-0.3, -0.25) is 29.8 Å². The number of carbonyl (C=O) groups is 2. The highest BCUT2D eigenvalue weighted by Gasteiger charge is 2.16. The molecule has 31 heavy (non-hydrogen) atoms. The minimum Gasteiger partial charge on any atom is -0.449 e. The molecule has 12 nitrogen and oxygen atoms in total. The van der Waals surface area contributed by atoms with Crippen molar-refractivity contribution < 1.29 is 29.5 Å². The number of non-ortho nitro benzene ring substituents is 2. The molecular weight excluding hydrogens is 410 g/mol. The van der Waals surface area contributed by atoms with Crippen LogP contribution < -0.4 is 21.6 Å². The van der Waals surface area contributed by atoms with Crippen LogP contribution in [0.25, 0.3) is 0 Å². The van der Waals surface area contributed by atoms with Crippen LogP contribution in [0.15, 0.2) is 36.4 Å². The van der Waals surface area contributed by atoms with Gasteiger partial charge in [-0.25, -0.2) is 0 Å². The van der Waals surface area contributed by atoms with Gasteiger partial charge in [-0.05, 0) is 17.3 Å². The van der Waals surface area contributed by atoms with Gasteiger partial charge in [0.1, 0.15) is 0 Å². The second kappa shape index (κ2) is 10.8. The van der Waals surface area contributed by atoms with Gasteiger partial charge in [-0.2, -0.15) is 0 Å². The summed E-state index contributed by atoms with van der Waals surface area (Å²) in [7, 11) is -0.909. The molecule has 0 saturated carbocycles. The van der Waals surface area contributed by atoms with E-state index in [4.69, 9.17) is 0 Å². The number of amides is 2. The van der Waals surface area contributed by atoms with Gasteiger partial charge in [0, 0.05) is 48.5 Å². The van der Waals surface area contributed by atoms with Crippen LogP contribution in [0.4, 0.5) is 11.4 Å². The first-order chi connectivity index (χ1) is 14.7. The van der Waals surface area contributed by atoms with Gasteiger partial charge < -0.3 is 20.7 Å². The molecule has 4 N–H and O–H groups in total. The summed E-state index contributed by atoms with van der Waals surface area (Å²) >= 11 is 0. The smallest absolute Gasteiger partial charge is 0.305 e. The maximum atomic E-state index is 12.2. The zero-order valence-corrected chi connectivity index (χ0v) is 16.2. The van der Waals surface area contributed by atoms with Gasteiger partial charge in [0.2, 0.25) is 0 Å². The van der Waals surface area contributed by atoms with Crippen LogP contribution in [0.2, 0.25) is 0 Å². The van der Waals surface area contributed by atoms with Crippen molar-refractivity contribution >= 4 is 49.1 Å². The molecule has 2 amide bonds. The Morgan fingerprint density at radius 2 is 1.16 bits per heavy atom. The number of nitro benzene ring substituents is 2. The third kappa shape index (κ3) is 6.62. The molecule has 2 aromatic rings. The Bertz CT molecular complexity index is 938. The number of hydrogen-bond acceptors (Lipinski definition) is 8. The van der Waals surface area contributed by atoms with E-state index in [1.807, 2.05) is 0 Å². The Hall–Kier alpha value is -3.77. The molecule has 0 aliphatic heterocycles. The number of benzene rings is 2. The number of hydrogen-bond donors (Lipinski definition) is 4. The molecule has 0 fully saturated rings. The van der Waals surface area contributed by atoms with Gasteiger partial charge in [-0.1, -0.05) is 12.1 Å². The van der Waals surface area contributed by atoms with E-state index in [1.165, 1.54) is 24.3 Å². The van der Waals surface area contributed by atoms with Crippen molar-refractivity contribution in [2.45, 2.75) is 6.42 Å². The highest BCUT2D eigenvalue weighted by molar-refractivity contribution is 6.46. The molecule has 0 spiro atoms. The molecule has 0 aliphatic carbocycles. The summed E-state index contributed by atoms with van der Waals surface area (Å²) in [5, 5.41) is 45.3. The van der Waals surface area contributed by atoms with Crippen LogP contribution in [-0.2, 0) is 0 Å². The summed E-state index contributed by atoms with van der Waals surface area (Å²) in [6, 6.07) is 7.20. The predicted molar refractivity (Wildman–Crippen MR) is 113 cm³/mol. The lowest BCUT2D eigenvalue weighted by Crippen LogP contribution is -2.31. The van der Waals surface area contributed by atoms with Crippen molar-refractivity contribution in [2.75, 3.05) is 13.1 Å². The van der Waals surface area contributed by atoms with Crippen molar-refractivity contribution in [1.29, 1.82) is 0 Å². The largest absolute Gasteiger partial charge is 0.449 e. The first kappa shape index (κ1) is 23.5. The van der Waals surface area contributed by atoms with Crippen molar-refractivity contribution in [3.05, 3.63) is 67.8 Å². The average molecular weight is 428 g/mol. The lowest BCUT2D eigenvalue weighted by atomic mass is 9.87. The molecule has 0 bridgehead atoms. The standard InChI is InChI=1S/C17H18B2N4O8/c24-16(10-4-12(18-26)8-14(6-10)22(28)29)20-2-1-3-21-17(25)11-5-13(19-27)9-15(7-11)23(30)31/h4-9,18-19,26-27H,1-3H2,(H,20,24)(H,21,25). The zero-order chi connectivity index (χ0) is 23.0. The van der Waals surface area contributed by atoms with Crippen molar-refractivity contribution in [2.24, 2.45) is 0 Å². The Morgan fingerprint density at radius 3 is 1.48 bits per heavy atom. The van der Waals surface area contributed by atoms with E-state index in [9.17, 15) is 39.9 Å². The van der Waals surface area contributed by atoms with E-state index in [-0.39, 0.29) is 46.5 Å². The molecular formula is C17H18B2N4O8. The SMILES string of the molecule is O=C(NCCCNC(=O)c1cc(BO)cc([N+](=O)[O-])c1)c1cc(BO)cc([N+](=O)[O-])c1. The lowest BCUT2D eigenvalue weighted by Gasteiger charge is -2.08. The molecule has 0 aliphatic rings. The molecule has 0 heterocycles. The van der Waals surface area contributed by atoms with Gasteiger partial charge in [0.25, 0.3) is 23.2 Å². The monoisotopic (exact) mass is 428 g/mol. The van der Waals surface area contributed by atoms with Crippen LogP contribution >= 0.6 is 0 Å². The molecule has 2 rings (SSSR count). The van der Waals surface area contributed by atoms with E-state index in [0.29, 0.717) is 6.42 Å². The third-order valence-corrected chi connectivity index (χ3v) is 4.19. The second-order valence-corrected chi connectivity index (χ2v) is 6.47. The van der Waals surface area contributed by atoms with E-state index in [0.717, 1.165) is 12.1 Å². The Balaban J connectivity index is 1.88. The minimum atomic E-state index is -0.665. The maximum Gasteiger partial charge on any atom is 0.305 e. The van der Waals surface area contributed by atoms with E-state index >= 15 is 0 Å². The Kier molecular flexibility index (Phi) is 8.23. The quantitative estimate of drug-likeness (QED) is 0.145. The summed E-state index contributed by atoms with van der Waals surface area (Å²) in [4.78, 5) is 44.9. The fourth-order valence-electron chi connectivity index (χ4n) is 2.70. The average Bonchev–Trinajstić information content (AvgIpc) is 2.77. The molecule has 0 radical (unpaired) electrons. The summed E-state index contributed by atoms with van der Waals surface area (Å²) < 4.78 is 0. The normalized spacial score (nSPS) is 10.1. The van der Waals surface area contributed by atoms with Crippen molar-refractivity contribution in [3.8, 4) is 0 Å². The Morgan fingerprint density at radius 1 is 0.774 bits per heavy atom. The molecule has 0 unspecified atom stereocenters. The first-order valence-corrected chi connectivity index (χ1v) is 9.10. The van der Waals surface area contributed by atoms with E-state index < -0.39 is 36.6 Å². The Labute approximate surface area is 177 Å². The molecule has 0 aromatic heterocycles. The van der Waals surface area contributed by atoms with Gasteiger partial charge in [0.05, 0.1) is 9.85 Å². The van der Waals surface area contributed by atoms with Crippen molar-refractivity contribution in [3.63, 3.8) is 0 Å². The molecule has 160 valence electrons. The summed E-state index contributed by atoms with van der Waals surface area (Å²) in [5.74, 6) is -1.15. The topological polar surface area (TPSA) is 185 Å². The van der Waals surface area contributed by atoms with E-state index in [1.54, 1.807) is 0 Å². The highest BCUT2D eigenvalue weighted by atomic mass is 16.6. The summed E-state index contributed by atoms with van der Waals surface area (Å²) in [6.07, 6.45) is 0.320. The van der Waals surface area contributed by atoms with Crippen LogP contribution in [0, 0.1) is 20.2 Å². The van der Waals surface area contributed by atoms with Crippen molar-refractivity contribution in [1.82, 2.24) is 10.6 Å². The fraction of sp³-hybridized carbons (Fsp3) is 0.176. The van der Waals surface area contributed by atoms with Crippen LogP contribution in [0.5, 0.6) is 0 Å². The number of nitro groups is 2. The summed E-state index contributed by atoms with van der Waals surface area (Å²) in [5.41, 5.74) is -0.131. The molecule has 2 aromatic carbocycles. The molecule has 0 atom stereocenters. The van der Waals surface area contributed by atoms with Crippen LogP contribution in [0.1, 0.15) is 27.1 Å². The van der Waals surface area contributed by atoms with Gasteiger partial charge in [0.15, 0.2) is 0 Å². The second-order valence-electron chi connectivity index (χ2n) is 6.47. The number of nitrogens with zero attached hydrogens (tertiary/aromatic N) is 2. The first-order valence-electron chi connectivity index (χ1n) is 9.10. The number of carbonyl (C=O) groups excluding carboxylic acids is 2. The van der Waals surface area contributed by atoms with Gasteiger partial charge in [-0.15, -0.1) is 0 Å². The molecule has 14 heteroatoms. The lowest BCUT2D eigenvalue weighted by molar-refractivity contribution is -0.385. The maximum absolute atomic E-state index is 12.2. The van der Waals surface area contributed by atoms with Crippen LogP contribution in [0.3, 0.4) is 0 Å². The zero-order valence-electron chi connectivity index (χ0n) is 16.2. The van der Waals surface area contributed by atoms with Crippen LogP contribution in [-0.4, -0.2) is 59.8 Å². The predicted octanol–water partition coefficient (Wildman–Crippen LogP) is -2.01. The number of nitrogens with one attached hydrogen (secondary N) is 2. The molecule has 0 saturated heterocycles. The fourth-order valence-corrected chi connectivity index (χ4v) is 2.70. The number of rotatable bonds is 10. The summed E-state index contributed by atoms with van der Waals surface area (Å²) in [6.45, 7) is 0.292. The third-order valence-electron chi connectivity index (χ3n) is 4.19. The van der Waals surface area contributed by atoms with E-state index in [2.05, 4.69) is 10.6 Å². The minimum absolute atomic E-state index is 0.0235. The van der Waals surface area contributed by atoms with Gasteiger partial charge >= 0.3 is 15.0 Å².